The highest BCUT2D eigenvalue weighted by Gasteiger charge is 2.36. The lowest BCUT2D eigenvalue weighted by molar-refractivity contribution is -0.383. The summed E-state index contributed by atoms with van der Waals surface area (Å²) in [5, 5.41) is 21.5. The number of carbonyl (C=O) groups is 2. The first-order valence-corrected chi connectivity index (χ1v) is 9.42. The molecule has 0 saturated heterocycles. The standard InChI is InChI=1S/C20H16ClN5O4/c1-11-18(12-6-8-13(21)9-7-12)19-23-20(28)16(25(19)24-11)10-17(27)22-14-4-2-3-5-15(14)26(29)30/h2-9,16H,10H2,1H3,(H,22,27)(H,23,28). The number of aryl methyl sites for hydroxylation is 1. The molecule has 1 aliphatic heterocycles. The number of aromatic nitrogens is 2. The van der Waals surface area contributed by atoms with E-state index in [9.17, 15) is 19.7 Å². The van der Waals surface area contributed by atoms with Crippen LogP contribution in [0.5, 0.6) is 0 Å². The number of para-hydroxylation sites is 2. The van der Waals surface area contributed by atoms with Crippen LogP contribution < -0.4 is 10.6 Å². The SMILES string of the molecule is Cc1nn2c(c1-c1ccc(Cl)cc1)NC(=O)C2CC(=O)Nc1ccccc1[N+](=O)[O-]. The van der Waals surface area contributed by atoms with Crippen molar-refractivity contribution in [2.45, 2.75) is 19.4 Å². The predicted molar refractivity (Wildman–Crippen MR) is 111 cm³/mol. The molecule has 1 unspecified atom stereocenters. The average Bonchev–Trinajstić information content (AvgIpc) is 3.17. The zero-order chi connectivity index (χ0) is 21.4. The van der Waals surface area contributed by atoms with E-state index in [1.165, 1.54) is 22.9 Å². The summed E-state index contributed by atoms with van der Waals surface area (Å²) >= 11 is 5.95. The molecule has 1 atom stereocenters. The summed E-state index contributed by atoms with van der Waals surface area (Å²) in [5.41, 5.74) is 2.13. The first kappa shape index (κ1) is 19.6. The van der Waals surface area contributed by atoms with Crippen LogP contribution in [0, 0.1) is 17.0 Å². The van der Waals surface area contributed by atoms with Crippen molar-refractivity contribution in [1.29, 1.82) is 0 Å². The summed E-state index contributed by atoms with van der Waals surface area (Å²) in [4.78, 5) is 35.6. The zero-order valence-electron chi connectivity index (χ0n) is 15.8. The monoisotopic (exact) mass is 425 g/mol. The Kier molecular flexibility index (Phi) is 4.96. The Morgan fingerprint density at radius 2 is 1.97 bits per heavy atom. The molecule has 10 heteroatoms. The highest BCUT2D eigenvalue weighted by molar-refractivity contribution is 6.30. The number of amides is 2. The van der Waals surface area contributed by atoms with Crippen LogP contribution in [0.4, 0.5) is 17.2 Å². The van der Waals surface area contributed by atoms with Crippen LogP contribution in [0.3, 0.4) is 0 Å². The zero-order valence-corrected chi connectivity index (χ0v) is 16.5. The maximum absolute atomic E-state index is 12.5. The van der Waals surface area contributed by atoms with Crippen LogP contribution >= 0.6 is 11.6 Å². The van der Waals surface area contributed by atoms with E-state index in [2.05, 4.69) is 15.7 Å². The molecule has 0 saturated carbocycles. The minimum Gasteiger partial charge on any atom is -0.320 e. The molecule has 1 aromatic heterocycles. The average molecular weight is 426 g/mol. The number of halogens is 1. The Hall–Kier alpha value is -3.72. The van der Waals surface area contributed by atoms with E-state index in [1.54, 1.807) is 18.2 Å². The van der Waals surface area contributed by atoms with Gasteiger partial charge in [0.15, 0.2) is 0 Å². The summed E-state index contributed by atoms with van der Waals surface area (Å²) in [6.07, 6.45) is -0.216. The molecule has 2 amide bonds. The van der Waals surface area contributed by atoms with Crippen molar-refractivity contribution in [1.82, 2.24) is 9.78 Å². The Balaban J connectivity index is 1.59. The second-order valence-electron chi connectivity index (χ2n) is 6.79. The van der Waals surface area contributed by atoms with Gasteiger partial charge in [0.25, 0.3) is 11.6 Å². The number of fused-ring (bicyclic) bond motifs is 1. The molecule has 0 fully saturated rings. The minimum absolute atomic E-state index is 0.0737. The number of anilines is 2. The lowest BCUT2D eigenvalue weighted by Crippen LogP contribution is -2.24. The quantitative estimate of drug-likeness (QED) is 0.474. The van der Waals surface area contributed by atoms with E-state index in [0.29, 0.717) is 16.5 Å². The van der Waals surface area contributed by atoms with Crippen LogP contribution in [0.1, 0.15) is 18.2 Å². The van der Waals surface area contributed by atoms with Gasteiger partial charge in [-0.25, -0.2) is 4.68 Å². The lowest BCUT2D eigenvalue weighted by atomic mass is 10.1. The van der Waals surface area contributed by atoms with Gasteiger partial charge in [-0.2, -0.15) is 5.10 Å². The minimum atomic E-state index is -0.859. The number of hydrogen-bond acceptors (Lipinski definition) is 5. The summed E-state index contributed by atoms with van der Waals surface area (Å²) < 4.78 is 1.49. The van der Waals surface area contributed by atoms with Gasteiger partial charge in [-0.05, 0) is 30.7 Å². The molecule has 0 bridgehead atoms. The van der Waals surface area contributed by atoms with Crippen molar-refractivity contribution >= 4 is 40.6 Å². The first-order chi connectivity index (χ1) is 14.3. The summed E-state index contributed by atoms with van der Waals surface area (Å²) in [6, 6.07) is 12.1. The van der Waals surface area contributed by atoms with Gasteiger partial charge >= 0.3 is 0 Å². The number of hydrogen-bond donors (Lipinski definition) is 2. The van der Waals surface area contributed by atoms with Crippen molar-refractivity contribution in [3.05, 3.63) is 69.4 Å². The van der Waals surface area contributed by atoms with Crippen molar-refractivity contribution in [2.75, 3.05) is 10.6 Å². The van der Waals surface area contributed by atoms with Gasteiger partial charge in [-0.3, -0.25) is 19.7 Å². The Morgan fingerprint density at radius 3 is 2.67 bits per heavy atom. The smallest absolute Gasteiger partial charge is 0.292 e. The molecule has 2 N–H and O–H groups in total. The molecule has 152 valence electrons. The van der Waals surface area contributed by atoms with Crippen LogP contribution in [0.2, 0.25) is 5.02 Å². The van der Waals surface area contributed by atoms with Crippen molar-refractivity contribution < 1.29 is 14.5 Å². The van der Waals surface area contributed by atoms with Gasteiger partial charge in [0.1, 0.15) is 17.5 Å². The van der Waals surface area contributed by atoms with E-state index >= 15 is 0 Å². The third-order valence-corrected chi connectivity index (χ3v) is 5.06. The van der Waals surface area contributed by atoms with Crippen molar-refractivity contribution in [3.63, 3.8) is 0 Å². The van der Waals surface area contributed by atoms with E-state index in [0.717, 1.165) is 11.1 Å². The molecule has 0 spiro atoms. The molecule has 2 heterocycles. The van der Waals surface area contributed by atoms with Crippen molar-refractivity contribution in [2.24, 2.45) is 0 Å². The van der Waals surface area contributed by atoms with Gasteiger partial charge in [0.2, 0.25) is 5.91 Å². The predicted octanol–water partition coefficient (Wildman–Crippen LogP) is 3.94. The van der Waals surface area contributed by atoms with Gasteiger partial charge in [0.05, 0.1) is 17.0 Å². The van der Waals surface area contributed by atoms with Crippen LogP contribution in [-0.4, -0.2) is 26.5 Å². The number of nitrogens with zero attached hydrogens (tertiary/aromatic N) is 3. The van der Waals surface area contributed by atoms with E-state index in [1.807, 2.05) is 19.1 Å². The second-order valence-corrected chi connectivity index (χ2v) is 7.23. The number of nitrogens with one attached hydrogen (secondary N) is 2. The molecule has 4 rings (SSSR count). The fraction of sp³-hybridized carbons (Fsp3) is 0.150. The van der Waals surface area contributed by atoms with Crippen molar-refractivity contribution in [3.8, 4) is 11.1 Å². The van der Waals surface area contributed by atoms with E-state index in [-0.39, 0.29) is 23.7 Å². The van der Waals surface area contributed by atoms with Gasteiger partial charge in [-0.15, -0.1) is 0 Å². The Labute approximate surface area is 175 Å². The van der Waals surface area contributed by atoms with Crippen LogP contribution in [-0.2, 0) is 9.59 Å². The molecule has 9 nitrogen and oxygen atoms in total. The Bertz CT molecular complexity index is 1170. The molecule has 0 aliphatic carbocycles. The molecular formula is C20H16ClN5O4. The molecule has 30 heavy (non-hydrogen) atoms. The summed E-state index contributed by atoms with van der Waals surface area (Å²) in [7, 11) is 0. The fourth-order valence-corrected chi connectivity index (χ4v) is 3.59. The highest BCUT2D eigenvalue weighted by Crippen LogP contribution is 2.38. The number of rotatable bonds is 5. The van der Waals surface area contributed by atoms with E-state index < -0.39 is 16.9 Å². The number of benzene rings is 2. The molecule has 1 aliphatic rings. The lowest BCUT2D eigenvalue weighted by Gasteiger charge is -2.10. The van der Waals surface area contributed by atoms with Crippen LogP contribution in [0.25, 0.3) is 11.1 Å². The first-order valence-electron chi connectivity index (χ1n) is 9.04. The van der Waals surface area contributed by atoms with Gasteiger partial charge in [-0.1, -0.05) is 35.9 Å². The number of nitro benzene ring substituents is 1. The second kappa shape index (κ2) is 7.60. The fourth-order valence-electron chi connectivity index (χ4n) is 3.46. The van der Waals surface area contributed by atoms with Crippen LogP contribution in [0.15, 0.2) is 48.5 Å². The topological polar surface area (TPSA) is 119 Å². The van der Waals surface area contributed by atoms with Gasteiger partial charge < -0.3 is 10.6 Å². The maximum atomic E-state index is 12.5. The molecule has 0 radical (unpaired) electrons. The maximum Gasteiger partial charge on any atom is 0.292 e. The van der Waals surface area contributed by atoms with Gasteiger partial charge in [0, 0.05) is 16.7 Å². The third kappa shape index (κ3) is 3.50. The largest absolute Gasteiger partial charge is 0.320 e. The van der Waals surface area contributed by atoms with E-state index in [4.69, 9.17) is 11.6 Å². The number of carbonyl (C=O) groups excluding carboxylic acids is 2. The normalized spacial score (nSPS) is 14.9. The molecule has 3 aromatic rings. The third-order valence-electron chi connectivity index (χ3n) is 4.81. The Morgan fingerprint density at radius 1 is 1.27 bits per heavy atom. The summed E-state index contributed by atoms with van der Waals surface area (Å²) in [5.74, 6) is -0.396. The molecular weight excluding hydrogens is 410 g/mol. The number of nitro groups is 1. The summed E-state index contributed by atoms with van der Waals surface area (Å²) in [6.45, 7) is 1.81. The highest BCUT2D eigenvalue weighted by atomic mass is 35.5. The molecule has 2 aromatic carbocycles.